The molecular formula is C16H19N3O3S2. The number of carbonyl (C=O) groups excluding carboxylic acids is 1. The van der Waals surface area contributed by atoms with Crippen LogP contribution in [-0.4, -0.2) is 44.9 Å². The fraction of sp³-hybridized carbons (Fsp3) is 0.312. The van der Waals surface area contributed by atoms with Crippen LogP contribution in [0.5, 0.6) is 0 Å². The summed E-state index contributed by atoms with van der Waals surface area (Å²) in [4.78, 5) is 14.4. The van der Waals surface area contributed by atoms with E-state index in [-0.39, 0.29) is 16.2 Å². The van der Waals surface area contributed by atoms with Crippen molar-refractivity contribution in [2.45, 2.75) is 17.2 Å². The molecule has 0 radical (unpaired) electrons. The number of nitrogens with one attached hydrogen (secondary N) is 2. The second-order valence-electron chi connectivity index (χ2n) is 5.67. The summed E-state index contributed by atoms with van der Waals surface area (Å²) >= 11 is 1.16. The standard InChI is InChI=1S/C16H19N3O3S2/c1-12-11-17-8-9-19(12)16(20)13-4-6-14(7-5-13)18-24(21,22)15-3-2-10-23-15/h2-7,10,12,17-18H,8-9,11H2,1H3/t12-/m1/s1. The second-order valence-corrected chi connectivity index (χ2v) is 8.52. The van der Waals surface area contributed by atoms with Gasteiger partial charge in [0, 0.05) is 36.9 Å². The summed E-state index contributed by atoms with van der Waals surface area (Å²) < 4.78 is 27.2. The van der Waals surface area contributed by atoms with Crippen molar-refractivity contribution in [3.63, 3.8) is 0 Å². The fourth-order valence-corrected chi connectivity index (χ4v) is 4.66. The molecule has 2 aromatic rings. The van der Waals surface area contributed by atoms with E-state index in [0.717, 1.165) is 24.4 Å². The van der Waals surface area contributed by atoms with E-state index in [1.807, 2.05) is 11.8 Å². The zero-order valence-electron chi connectivity index (χ0n) is 13.2. The highest BCUT2D eigenvalue weighted by Crippen LogP contribution is 2.21. The Labute approximate surface area is 145 Å². The molecule has 1 aromatic carbocycles. The first-order valence-electron chi connectivity index (χ1n) is 7.65. The van der Waals surface area contributed by atoms with E-state index in [4.69, 9.17) is 0 Å². The van der Waals surface area contributed by atoms with Crippen LogP contribution >= 0.6 is 11.3 Å². The number of amides is 1. The highest BCUT2D eigenvalue weighted by Gasteiger charge is 2.24. The van der Waals surface area contributed by atoms with Crippen molar-refractivity contribution in [2.75, 3.05) is 24.4 Å². The Hall–Kier alpha value is -1.90. The van der Waals surface area contributed by atoms with Gasteiger partial charge in [-0.15, -0.1) is 11.3 Å². The molecule has 1 saturated heterocycles. The molecule has 0 aliphatic carbocycles. The van der Waals surface area contributed by atoms with Gasteiger partial charge in [-0.2, -0.15) is 0 Å². The van der Waals surface area contributed by atoms with E-state index in [1.165, 1.54) is 0 Å². The average molecular weight is 365 g/mol. The van der Waals surface area contributed by atoms with E-state index < -0.39 is 10.0 Å². The van der Waals surface area contributed by atoms with E-state index in [9.17, 15) is 13.2 Å². The van der Waals surface area contributed by atoms with Gasteiger partial charge in [0.05, 0.1) is 0 Å². The third-order valence-electron chi connectivity index (χ3n) is 3.91. The molecule has 6 nitrogen and oxygen atoms in total. The maximum absolute atomic E-state index is 12.6. The summed E-state index contributed by atoms with van der Waals surface area (Å²) in [6, 6.07) is 9.93. The van der Waals surface area contributed by atoms with Crippen LogP contribution in [0.2, 0.25) is 0 Å². The third-order valence-corrected chi connectivity index (χ3v) is 6.68. The molecule has 128 valence electrons. The predicted molar refractivity (Wildman–Crippen MR) is 94.9 cm³/mol. The van der Waals surface area contributed by atoms with Gasteiger partial charge >= 0.3 is 0 Å². The molecule has 0 spiro atoms. The van der Waals surface area contributed by atoms with E-state index in [1.54, 1.807) is 41.8 Å². The maximum atomic E-state index is 12.6. The number of carbonyl (C=O) groups is 1. The predicted octanol–water partition coefficient (Wildman–Crippen LogP) is 1.98. The van der Waals surface area contributed by atoms with Gasteiger partial charge in [0.25, 0.3) is 15.9 Å². The highest BCUT2D eigenvalue weighted by molar-refractivity contribution is 7.94. The Bertz CT molecular complexity index is 802. The topological polar surface area (TPSA) is 78.5 Å². The van der Waals surface area contributed by atoms with Crippen LogP contribution in [0.3, 0.4) is 0 Å². The van der Waals surface area contributed by atoms with Gasteiger partial charge in [-0.05, 0) is 42.6 Å². The first-order valence-corrected chi connectivity index (χ1v) is 10.0. The lowest BCUT2D eigenvalue weighted by Crippen LogP contribution is -2.52. The molecule has 2 heterocycles. The second kappa shape index (κ2) is 6.92. The Morgan fingerprint density at radius 1 is 1.29 bits per heavy atom. The molecule has 3 rings (SSSR count). The van der Waals surface area contributed by atoms with Crippen molar-refractivity contribution in [3.05, 3.63) is 47.3 Å². The number of anilines is 1. The number of rotatable bonds is 4. The molecule has 24 heavy (non-hydrogen) atoms. The zero-order chi connectivity index (χ0) is 17.2. The number of hydrogen-bond acceptors (Lipinski definition) is 5. The van der Waals surface area contributed by atoms with Gasteiger partial charge in [0.2, 0.25) is 0 Å². The Kier molecular flexibility index (Phi) is 4.88. The minimum Gasteiger partial charge on any atom is -0.333 e. The van der Waals surface area contributed by atoms with Crippen molar-refractivity contribution in [1.29, 1.82) is 0 Å². The van der Waals surface area contributed by atoms with Crippen molar-refractivity contribution in [2.24, 2.45) is 0 Å². The normalized spacial score (nSPS) is 18.4. The molecule has 0 unspecified atom stereocenters. The van der Waals surface area contributed by atoms with Gasteiger partial charge in [0.1, 0.15) is 4.21 Å². The molecule has 2 N–H and O–H groups in total. The lowest BCUT2D eigenvalue weighted by atomic mass is 10.1. The average Bonchev–Trinajstić information content (AvgIpc) is 3.10. The number of sulfonamides is 1. The van der Waals surface area contributed by atoms with Gasteiger partial charge < -0.3 is 10.2 Å². The molecule has 1 fully saturated rings. The van der Waals surface area contributed by atoms with Crippen LogP contribution in [0.4, 0.5) is 5.69 Å². The Morgan fingerprint density at radius 3 is 2.67 bits per heavy atom. The number of hydrogen-bond donors (Lipinski definition) is 2. The summed E-state index contributed by atoms with van der Waals surface area (Å²) in [5, 5.41) is 4.96. The maximum Gasteiger partial charge on any atom is 0.271 e. The number of piperazine rings is 1. The minimum absolute atomic E-state index is 0.0309. The van der Waals surface area contributed by atoms with Gasteiger partial charge in [-0.25, -0.2) is 8.42 Å². The van der Waals surface area contributed by atoms with E-state index in [2.05, 4.69) is 10.0 Å². The highest BCUT2D eigenvalue weighted by atomic mass is 32.2. The molecule has 0 saturated carbocycles. The lowest BCUT2D eigenvalue weighted by molar-refractivity contribution is 0.0656. The molecule has 1 aliphatic heterocycles. The van der Waals surface area contributed by atoms with Crippen LogP contribution < -0.4 is 10.0 Å². The number of benzene rings is 1. The summed E-state index contributed by atoms with van der Waals surface area (Å²) in [7, 11) is -3.57. The molecular weight excluding hydrogens is 346 g/mol. The van der Waals surface area contributed by atoms with Gasteiger partial charge in [-0.1, -0.05) is 6.07 Å². The van der Waals surface area contributed by atoms with Crippen LogP contribution in [0.15, 0.2) is 46.0 Å². The molecule has 1 atom stereocenters. The SMILES string of the molecule is C[C@@H]1CNCCN1C(=O)c1ccc(NS(=O)(=O)c2cccs2)cc1. The Morgan fingerprint density at radius 2 is 2.04 bits per heavy atom. The minimum atomic E-state index is -3.57. The fourth-order valence-electron chi connectivity index (χ4n) is 2.61. The smallest absolute Gasteiger partial charge is 0.271 e. The molecule has 1 aliphatic rings. The van der Waals surface area contributed by atoms with Crippen molar-refractivity contribution in [1.82, 2.24) is 10.2 Å². The quantitative estimate of drug-likeness (QED) is 0.868. The third kappa shape index (κ3) is 3.61. The number of thiophene rings is 1. The molecule has 0 bridgehead atoms. The van der Waals surface area contributed by atoms with Crippen LogP contribution in [0.1, 0.15) is 17.3 Å². The van der Waals surface area contributed by atoms with Crippen LogP contribution in [0, 0.1) is 0 Å². The molecule has 8 heteroatoms. The van der Waals surface area contributed by atoms with Crippen molar-refractivity contribution >= 4 is 33.0 Å². The van der Waals surface area contributed by atoms with Crippen molar-refractivity contribution in [3.8, 4) is 0 Å². The largest absolute Gasteiger partial charge is 0.333 e. The molecule has 1 amide bonds. The zero-order valence-corrected chi connectivity index (χ0v) is 14.9. The monoisotopic (exact) mass is 365 g/mol. The van der Waals surface area contributed by atoms with Gasteiger partial charge in [-0.3, -0.25) is 9.52 Å². The summed E-state index contributed by atoms with van der Waals surface area (Å²) in [6.07, 6.45) is 0. The summed E-state index contributed by atoms with van der Waals surface area (Å²) in [5.41, 5.74) is 0.996. The number of nitrogens with zero attached hydrogens (tertiary/aromatic N) is 1. The van der Waals surface area contributed by atoms with Gasteiger partial charge in [0.15, 0.2) is 0 Å². The van der Waals surface area contributed by atoms with Crippen molar-refractivity contribution < 1.29 is 13.2 Å². The first kappa shape index (κ1) is 16.9. The summed E-state index contributed by atoms with van der Waals surface area (Å²) in [5.74, 6) is -0.0309. The molecule has 1 aromatic heterocycles. The van der Waals surface area contributed by atoms with E-state index >= 15 is 0 Å². The van der Waals surface area contributed by atoms with Crippen LogP contribution in [0.25, 0.3) is 0 Å². The van der Waals surface area contributed by atoms with Crippen LogP contribution in [-0.2, 0) is 10.0 Å². The first-order chi connectivity index (χ1) is 11.5. The summed E-state index contributed by atoms with van der Waals surface area (Å²) in [6.45, 7) is 4.25. The Balaban J connectivity index is 1.72. The lowest BCUT2D eigenvalue weighted by Gasteiger charge is -2.34. The van der Waals surface area contributed by atoms with E-state index in [0.29, 0.717) is 17.8 Å².